The normalized spacial score (nSPS) is 30.7. The zero-order valence-corrected chi connectivity index (χ0v) is 12.4. The summed E-state index contributed by atoms with van der Waals surface area (Å²) in [6, 6.07) is 4.88. The maximum absolute atomic E-state index is 11.4. The van der Waals surface area contributed by atoms with Gasteiger partial charge in [-0.2, -0.15) is 0 Å². The van der Waals surface area contributed by atoms with Crippen molar-refractivity contribution >= 4 is 11.9 Å². The summed E-state index contributed by atoms with van der Waals surface area (Å²) < 4.78 is 5.58. The van der Waals surface area contributed by atoms with Crippen LogP contribution in [-0.2, 0) is 9.53 Å². The number of aliphatic hydroxyl groups excluding tert-OH is 3. The summed E-state index contributed by atoms with van der Waals surface area (Å²) in [6.45, 7) is 0.724. The van der Waals surface area contributed by atoms with E-state index in [0.717, 1.165) is 0 Å². The number of carbonyl (C=O) groups is 2. The third-order valence-electron chi connectivity index (χ3n) is 3.76. The molecule has 2 rings (SSSR count). The van der Waals surface area contributed by atoms with Crippen LogP contribution in [0.2, 0.25) is 0 Å². The summed E-state index contributed by atoms with van der Waals surface area (Å²) in [5.74, 6) is -1.57. The number of aliphatic hydroxyl groups is 3. The molecule has 1 fully saturated rings. The summed E-state index contributed by atoms with van der Waals surface area (Å²) in [6.07, 6.45) is -4.71. The first-order valence-electron chi connectivity index (χ1n) is 7.08. The van der Waals surface area contributed by atoms with Gasteiger partial charge < -0.3 is 30.5 Å². The van der Waals surface area contributed by atoms with Crippen molar-refractivity contribution in [1.29, 1.82) is 0 Å². The van der Waals surface area contributed by atoms with Gasteiger partial charge >= 0.3 is 5.97 Å². The number of carboxylic acids is 1. The van der Waals surface area contributed by atoms with Crippen LogP contribution in [0.4, 0.5) is 0 Å². The lowest BCUT2D eigenvalue weighted by molar-refractivity contribution is -0.197. The Labute approximate surface area is 132 Å². The highest BCUT2D eigenvalue weighted by atomic mass is 16.5. The monoisotopic (exact) mass is 325 g/mol. The molecule has 0 aliphatic carbocycles. The molecule has 1 aliphatic rings. The zero-order chi connectivity index (χ0) is 17.1. The Morgan fingerprint density at radius 3 is 2.52 bits per heavy atom. The fourth-order valence-corrected chi connectivity index (χ4v) is 2.65. The van der Waals surface area contributed by atoms with Crippen LogP contribution in [0, 0.1) is 0 Å². The van der Waals surface area contributed by atoms with Crippen molar-refractivity contribution in [3.8, 4) is 0 Å². The van der Waals surface area contributed by atoms with Crippen molar-refractivity contribution in [2.24, 2.45) is 0 Å². The molecule has 1 aromatic rings. The van der Waals surface area contributed by atoms with Gasteiger partial charge in [0.1, 0.15) is 24.4 Å². The van der Waals surface area contributed by atoms with Gasteiger partial charge in [0.25, 0.3) is 0 Å². The Balaban J connectivity index is 2.39. The number of ether oxygens (including phenoxy) is 1. The van der Waals surface area contributed by atoms with Gasteiger partial charge in [0.15, 0.2) is 0 Å². The van der Waals surface area contributed by atoms with Gasteiger partial charge in [-0.3, -0.25) is 4.79 Å². The van der Waals surface area contributed by atoms with E-state index >= 15 is 0 Å². The fraction of sp³-hybridized carbons (Fsp3) is 0.467. The van der Waals surface area contributed by atoms with Crippen LogP contribution in [0.3, 0.4) is 0 Å². The Kier molecular flexibility index (Phi) is 5.32. The molecule has 0 radical (unpaired) electrons. The van der Waals surface area contributed by atoms with Gasteiger partial charge in [0, 0.05) is 6.92 Å². The van der Waals surface area contributed by atoms with E-state index in [1.165, 1.54) is 25.1 Å². The number of hydrogen-bond donors (Lipinski definition) is 5. The number of rotatable bonds is 4. The molecule has 0 bridgehead atoms. The maximum Gasteiger partial charge on any atom is 0.335 e. The second kappa shape index (κ2) is 7.05. The standard InChI is InChI=1S/C15H19NO7/c1-7(18)16-11-13(20)12(19)10(6-17)23-14(11)8-3-2-4-9(5-8)15(21)22/h2-5,10-14,17,19-20H,6H2,1H3,(H,16,18)(H,21,22)/t10-,11-,12-,13-,14?/m1/s1. The molecule has 8 heteroatoms. The van der Waals surface area contributed by atoms with Crippen LogP contribution in [0.5, 0.6) is 0 Å². The first kappa shape index (κ1) is 17.4. The van der Waals surface area contributed by atoms with Crippen molar-refractivity contribution in [1.82, 2.24) is 5.32 Å². The third-order valence-corrected chi connectivity index (χ3v) is 3.76. The number of aromatic carboxylic acids is 1. The molecule has 8 nitrogen and oxygen atoms in total. The minimum atomic E-state index is -1.38. The number of amides is 1. The molecule has 23 heavy (non-hydrogen) atoms. The summed E-state index contributed by atoms with van der Waals surface area (Å²) in [5, 5.41) is 41.0. The molecule has 5 N–H and O–H groups in total. The first-order valence-corrected chi connectivity index (χ1v) is 7.08. The van der Waals surface area contributed by atoms with Crippen LogP contribution in [-0.4, -0.2) is 63.3 Å². The summed E-state index contributed by atoms with van der Waals surface area (Å²) >= 11 is 0. The van der Waals surface area contributed by atoms with Gasteiger partial charge in [0.05, 0.1) is 18.2 Å². The number of nitrogens with one attached hydrogen (secondary N) is 1. The number of carboxylic acid groups (broad SMARTS) is 1. The summed E-state index contributed by atoms with van der Waals surface area (Å²) in [4.78, 5) is 22.5. The molecule has 1 saturated heterocycles. The average Bonchev–Trinajstić information content (AvgIpc) is 2.52. The third kappa shape index (κ3) is 3.67. The molecular weight excluding hydrogens is 306 g/mol. The summed E-state index contributed by atoms with van der Waals surface area (Å²) in [7, 11) is 0. The minimum Gasteiger partial charge on any atom is -0.478 e. The Hall–Kier alpha value is -2.00. The van der Waals surface area contributed by atoms with Crippen LogP contribution in [0.25, 0.3) is 0 Å². The van der Waals surface area contributed by atoms with Crippen LogP contribution < -0.4 is 5.32 Å². The topological polar surface area (TPSA) is 136 Å². The van der Waals surface area contributed by atoms with Crippen molar-refractivity contribution in [3.63, 3.8) is 0 Å². The van der Waals surface area contributed by atoms with E-state index < -0.39 is 48.9 Å². The Morgan fingerprint density at radius 1 is 1.26 bits per heavy atom. The van der Waals surface area contributed by atoms with E-state index in [9.17, 15) is 24.9 Å². The Bertz CT molecular complexity index is 591. The smallest absolute Gasteiger partial charge is 0.335 e. The highest BCUT2D eigenvalue weighted by Gasteiger charge is 2.45. The molecule has 1 aromatic carbocycles. The number of carbonyl (C=O) groups excluding carboxylic acids is 1. The predicted octanol–water partition coefficient (Wildman–Crippen LogP) is -0.956. The lowest BCUT2D eigenvalue weighted by Gasteiger charge is -2.42. The number of hydrogen-bond acceptors (Lipinski definition) is 6. The van der Waals surface area contributed by atoms with Crippen molar-refractivity contribution in [3.05, 3.63) is 35.4 Å². The van der Waals surface area contributed by atoms with Gasteiger partial charge in [-0.05, 0) is 17.7 Å². The molecule has 0 saturated carbocycles. The Morgan fingerprint density at radius 2 is 1.96 bits per heavy atom. The van der Waals surface area contributed by atoms with Gasteiger partial charge in [0.2, 0.25) is 5.91 Å². The number of benzene rings is 1. The van der Waals surface area contributed by atoms with E-state index in [4.69, 9.17) is 9.84 Å². The molecule has 5 atom stereocenters. The highest BCUT2D eigenvalue weighted by Crippen LogP contribution is 2.32. The fourth-order valence-electron chi connectivity index (χ4n) is 2.65. The van der Waals surface area contributed by atoms with E-state index in [1.807, 2.05) is 0 Å². The summed E-state index contributed by atoms with van der Waals surface area (Å²) in [5.41, 5.74) is 0.432. The van der Waals surface area contributed by atoms with E-state index in [0.29, 0.717) is 5.56 Å². The molecule has 0 aromatic heterocycles. The van der Waals surface area contributed by atoms with Gasteiger partial charge in [-0.25, -0.2) is 4.79 Å². The first-order chi connectivity index (χ1) is 10.8. The molecular formula is C15H19NO7. The minimum absolute atomic E-state index is 0.0221. The van der Waals surface area contributed by atoms with E-state index in [1.54, 1.807) is 6.07 Å². The zero-order valence-electron chi connectivity index (χ0n) is 12.4. The second-order valence-electron chi connectivity index (χ2n) is 5.42. The maximum atomic E-state index is 11.4. The molecule has 1 aliphatic heterocycles. The van der Waals surface area contributed by atoms with Crippen molar-refractivity contribution in [2.75, 3.05) is 6.61 Å². The highest BCUT2D eigenvalue weighted by molar-refractivity contribution is 5.87. The average molecular weight is 325 g/mol. The van der Waals surface area contributed by atoms with Gasteiger partial charge in [-0.1, -0.05) is 12.1 Å². The molecule has 0 spiro atoms. The molecule has 1 heterocycles. The second-order valence-corrected chi connectivity index (χ2v) is 5.42. The van der Waals surface area contributed by atoms with Crippen molar-refractivity contribution < 1.29 is 34.8 Å². The molecule has 1 amide bonds. The molecule has 1 unspecified atom stereocenters. The van der Waals surface area contributed by atoms with Crippen LogP contribution >= 0.6 is 0 Å². The van der Waals surface area contributed by atoms with Gasteiger partial charge in [-0.15, -0.1) is 0 Å². The van der Waals surface area contributed by atoms with E-state index in [-0.39, 0.29) is 5.56 Å². The lowest BCUT2D eigenvalue weighted by Crippen LogP contribution is -2.60. The van der Waals surface area contributed by atoms with Crippen molar-refractivity contribution in [2.45, 2.75) is 37.4 Å². The quantitative estimate of drug-likeness (QED) is 0.481. The van der Waals surface area contributed by atoms with E-state index in [2.05, 4.69) is 5.32 Å². The molecule has 126 valence electrons. The lowest BCUT2D eigenvalue weighted by atomic mass is 9.88. The SMILES string of the molecule is CC(=O)N[C@H]1C(c2cccc(C(=O)O)c2)O[C@H](CO)[C@@H](O)[C@@H]1O. The van der Waals surface area contributed by atoms with Crippen LogP contribution in [0.1, 0.15) is 28.9 Å². The predicted molar refractivity (Wildman–Crippen MR) is 77.7 cm³/mol. The largest absolute Gasteiger partial charge is 0.478 e. The van der Waals surface area contributed by atoms with Crippen LogP contribution in [0.15, 0.2) is 24.3 Å².